The number of hydrogen-bond acceptors (Lipinski definition) is 1. The smallest absolute Gasteiger partial charge is 0.307 e. The van der Waals surface area contributed by atoms with Gasteiger partial charge in [0.25, 0.3) is 0 Å². The molecule has 3 atom stereocenters. The van der Waals surface area contributed by atoms with E-state index in [4.69, 9.17) is 0 Å². The molecule has 17 heavy (non-hydrogen) atoms. The second-order valence-corrected chi connectivity index (χ2v) is 5.53. The molecule has 4 rings (SSSR count). The third kappa shape index (κ3) is 1.36. The number of rotatable bonds is 3. The average molecular weight is 230 g/mol. The Morgan fingerprint density at radius 2 is 2.12 bits per heavy atom. The number of carbonyl (C=O) groups is 1. The first-order valence-electron chi connectivity index (χ1n) is 6.49. The van der Waals surface area contributed by atoms with Gasteiger partial charge in [-0.05, 0) is 42.7 Å². The SMILES string of the molecule is CCc1ccc(C23CCC(C2)C3C(=O)O)cc1. The van der Waals surface area contributed by atoms with Gasteiger partial charge in [0.1, 0.15) is 0 Å². The maximum absolute atomic E-state index is 11.3. The third-order valence-electron chi connectivity index (χ3n) is 4.86. The molecule has 3 aliphatic rings. The van der Waals surface area contributed by atoms with E-state index in [0.29, 0.717) is 5.92 Å². The lowest BCUT2D eigenvalue weighted by Crippen LogP contribution is -2.48. The lowest BCUT2D eigenvalue weighted by atomic mass is 9.57. The Morgan fingerprint density at radius 1 is 1.41 bits per heavy atom. The minimum atomic E-state index is -0.599. The highest BCUT2D eigenvalue weighted by atomic mass is 16.4. The van der Waals surface area contributed by atoms with E-state index < -0.39 is 5.97 Å². The van der Waals surface area contributed by atoms with E-state index in [1.54, 1.807) is 0 Å². The first-order valence-corrected chi connectivity index (χ1v) is 6.49. The molecule has 3 saturated carbocycles. The van der Waals surface area contributed by atoms with Crippen molar-refractivity contribution in [1.29, 1.82) is 0 Å². The summed E-state index contributed by atoms with van der Waals surface area (Å²) in [5, 5.41) is 9.34. The highest BCUT2D eigenvalue weighted by Crippen LogP contribution is 2.63. The molecule has 0 aromatic heterocycles. The molecule has 0 heterocycles. The summed E-state index contributed by atoms with van der Waals surface area (Å²) in [5.41, 5.74) is 2.53. The van der Waals surface area contributed by atoms with Crippen molar-refractivity contribution in [3.05, 3.63) is 35.4 Å². The summed E-state index contributed by atoms with van der Waals surface area (Å²) in [6, 6.07) is 8.59. The van der Waals surface area contributed by atoms with E-state index in [9.17, 15) is 9.90 Å². The van der Waals surface area contributed by atoms with Crippen LogP contribution in [0.2, 0.25) is 0 Å². The van der Waals surface area contributed by atoms with Crippen molar-refractivity contribution in [2.75, 3.05) is 0 Å². The van der Waals surface area contributed by atoms with E-state index >= 15 is 0 Å². The summed E-state index contributed by atoms with van der Waals surface area (Å²) in [4.78, 5) is 11.3. The molecule has 0 radical (unpaired) electrons. The van der Waals surface area contributed by atoms with Gasteiger partial charge < -0.3 is 5.11 Å². The average Bonchev–Trinajstić information content (AvgIpc) is 2.87. The van der Waals surface area contributed by atoms with Gasteiger partial charge in [-0.1, -0.05) is 31.2 Å². The minimum absolute atomic E-state index is 0.0389. The highest BCUT2D eigenvalue weighted by Gasteiger charge is 2.62. The Balaban J connectivity index is 1.95. The normalized spacial score (nSPS) is 34.4. The molecule has 2 bridgehead atoms. The van der Waals surface area contributed by atoms with Crippen LogP contribution in [-0.4, -0.2) is 11.1 Å². The van der Waals surface area contributed by atoms with Gasteiger partial charge in [0.2, 0.25) is 0 Å². The minimum Gasteiger partial charge on any atom is -0.481 e. The van der Waals surface area contributed by atoms with Gasteiger partial charge in [-0.15, -0.1) is 0 Å². The molecule has 3 unspecified atom stereocenters. The van der Waals surface area contributed by atoms with Crippen molar-refractivity contribution in [3.63, 3.8) is 0 Å². The summed E-state index contributed by atoms with van der Waals surface area (Å²) < 4.78 is 0. The van der Waals surface area contributed by atoms with Crippen LogP contribution in [0.4, 0.5) is 0 Å². The number of aryl methyl sites for hydroxylation is 1. The number of hydrogen-bond donors (Lipinski definition) is 1. The molecule has 3 aliphatic carbocycles. The molecule has 0 aliphatic heterocycles. The molecule has 3 fully saturated rings. The van der Waals surface area contributed by atoms with Crippen molar-refractivity contribution in [3.8, 4) is 0 Å². The van der Waals surface area contributed by atoms with Gasteiger partial charge in [-0.3, -0.25) is 4.79 Å². The summed E-state index contributed by atoms with van der Waals surface area (Å²) >= 11 is 0. The zero-order valence-electron chi connectivity index (χ0n) is 10.1. The molecule has 1 aromatic rings. The van der Waals surface area contributed by atoms with Gasteiger partial charge in [0.15, 0.2) is 0 Å². The fourth-order valence-electron chi connectivity index (χ4n) is 3.92. The zero-order chi connectivity index (χ0) is 12.0. The third-order valence-corrected chi connectivity index (χ3v) is 4.86. The van der Waals surface area contributed by atoms with E-state index in [1.807, 2.05) is 0 Å². The second-order valence-electron chi connectivity index (χ2n) is 5.53. The fourth-order valence-corrected chi connectivity index (χ4v) is 3.92. The van der Waals surface area contributed by atoms with Crippen molar-refractivity contribution in [2.24, 2.45) is 11.8 Å². The molecule has 90 valence electrons. The number of carboxylic acid groups (broad SMARTS) is 1. The van der Waals surface area contributed by atoms with Crippen molar-refractivity contribution in [1.82, 2.24) is 0 Å². The van der Waals surface area contributed by atoms with E-state index in [-0.39, 0.29) is 11.3 Å². The maximum Gasteiger partial charge on any atom is 0.307 e. The molecule has 2 heteroatoms. The van der Waals surface area contributed by atoms with Crippen molar-refractivity contribution >= 4 is 5.97 Å². The molecule has 0 amide bonds. The lowest BCUT2D eigenvalue weighted by Gasteiger charge is -2.45. The topological polar surface area (TPSA) is 37.3 Å². The summed E-state index contributed by atoms with van der Waals surface area (Å²) in [5.74, 6) is -0.299. The van der Waals surface area contributed by atoms with Crippen molar-refractivity contribution < 1.29 is 9.90 Å². The molecule has 0 saturated heterocycles. The van der Waals surface area contributed by atoms with Crippen LogP contribution in [0.15, 0.2) is 24.3 Å². The quantitative estimate of drug-likeness (QED) is 0.866. The van der Waals surface area contributed by atoms with Crippen LogP contribution in [0.5, 0.6) is 0 Å². The molecular weight excluding hydrogens is 212 g/mol. The zero-order valence-corrected chi connectivity index (χ0v) is 10.1. The van der Waals surface area contributed by atoms with Gasteiger partial charge >= 0.3 is 5.97 Å². The number of aliphatic carboxylic acids is 1. The summed E-state index contributed by atoms with van der Waals surface area (Å²) in [7, 11) is 0. The van der Waals surface area contributed by atoms with Crippen molar-refractivity contribution in [2.45, 2.75) is 38.0 Å². The molecule has 0 spiro atoms. The largest absolute Gasteiger partial charge is 0.481 e. The Bertz CT molecular complexity index is 444. The van der Waals surface area contributed by atoms with Crippen LogP contribution in [-0.2, 0) is 16.6 Å². The predicted octanol–water partition coefficient (Wildman–Crippen LogP) is 3.00. The van der Waals surface area contributed by atoms with E-state index in [2.05, 4.69) is 31.2 Å². The van der Waals surface area contributed by atoms with Gasteiger partial charge in [-0.2, -0.15) is 0 Å². The van der Waals surface area contributed by atoms with Crippen LogP contribution < -0.4 is 0 Å². The van der Waals surface area contributed by atoms with Gasteiger partial charge in [-0.25, -0.2) is 0 Å². The van der Waals surface area contributed by atoms with Gasteiger partial charge in [0, 0.05) is 5.41 Å². The fraction of sp³-hybridized carbons (Fsp3) is 0.533. The van der Waals surface area contributed by atoms with Crippen LogP contribution >= 0.6 is 0 Å². The van der Waals surface area contributed by atoms with Crippen LogP contribution in [0, 0.1) is 11.8 Å². The van der Waals surface area contributed by atoms with Crippen LogP contribution in [0.3, 0.4) is 0 Å². The summed E-state index contributed by atoms with van der Waals surface area (Å²) in [6.45, 7) is 2.14. The van der Waals surface area contributed by atoms with E-state index in [1.165, 1.54) is 11.1 Å². The molecular formula is C15H18O2. The standard InChI is InChI=1S/C15H18O2/c1-2-10-3-5-12(6-4-10)15-8-7-11(9-15)13(15)14(16)17/h3-6,11,13H,2,7-9H2,1H3,(H,16,17). The molecule has 1 aromatic carbocycles. The van der Waals surface area contributed by atoms with Gasteiger partial charge in [0.05, 0.1) is 5.92 Å². The summed E-state index contributed by atoms with van der Waals surface area (Å²) in [6.07, 6.45) is 4.26. The lowest BCUT2D eigenvalue weighted by molar-refractivity contribution is -0.150. The Kier molecular flexibility index (Phi) is 2.29. The van der Waals surface area contributed by atoms with E-state index in [0.717, 1.165) is 25.7 Å². The van der Waals surface area contributed by atoms with Crippen LogP contribution in [0.25, 0.3) is 0 Å². The number of fused-ring (bicyclic) bond motifs is 1. The maximum atomic E-state index is 11.3. The molecule has 1 N–H and O–H groups in total. The predicted molar refractivity (Wildman–Crippen MR) is 66.0 cm³/mol. The van der Waals surface area contributed by atoms with Crippen LogP contribution in [0.1, 0.15) is 37.3 Å². The Morgan fingerprint density at radius 3 is 2.65 bits per heavy atom. The first-order chi connectivity index (χ1) is 8.17. The number of carboxylic acids is 1. The Labute approximate surface area is 102 Å². The highest BCUT2D eigenvalue weighted by molar-refractivity contribution is 5.75. The Hall–Kier alpha value is -1.31. The molecule has 2 nitrogen and oxygen atoms in total. The second kappa shape index (κ2) is 3.59. The first kappa shape index (κ1) is 10.8. The number of benzene rings is 1. The monoisotopic (exact) mass is 230 g/mol.